The van der Waals surface area contributed by atoms with Crippen LogP contribution in [0.15, 0.2) is 49.5 Å². The van der Waals surface area contributed by atoms with Crippen LogP contribution in [0.4, 0.5) is 0 Å². The molecule has 22 heavy (non-hydrogen) atoms. The van der Waals surface area contributed by atoms with Gasteiger partial charge >= 0.3 is 5.76 Å². The van der Waals surface area contributed by atoms with Gasteiger partial charge in [0, 0.05) is 0 Å². The van der Waals surface area contributed by atoms with Crippen molar-refractivity contribution in [3.05, 3.63) is 52.2 Å². The van der Waals surface area contributed by atoms with Crippen molar-refractivity contribution in [3.8, 4) is 10.8 Å². The lowest BCUT2D eigenvalue weighted by atomic mass is 10.4. The van der Waals surface area contributed by atoms with Gasteiger partial charge in [0.15, 0.2) is 0 Å². The Hall–Kier alpha value is -2.16. The van der Waals surface area contributed by atoms with Crippen LogP contribution in [-0.2, 0) is 17.9 Å². The first kappa shape index (κ1) is 14.8. The molecule has 0 aromatic carbocycles. The lowest BCUT2D eigenvalue weighted by Crippen LogP contribution is -2.27. The van der Waals surface area contributed by atoms with E-state index in [-0.39, 0.29) is 25.6 Å². The molecule has 1 unspecified atom stereocenters. The summed E-state index contributed by atoms with van der Waals surface area (Å²) in [6.45, 7) is 0.332. The molecule has 0 aliphatic rings. The third-order valence-electron chi connectivity index (χ3n) is 2.86. The molecule has 0 saturated carbocycles. The zero-order valence-corrected chi connectivity index (χ0v) is 12.4. The molecule has 0 amide bonds. The lowest BCUT2D eigenvalue weighted by molar-refractivity contribution is 0.0123. The molecule has 0 saturated heterocycles. The zero-order valence-electron chi connectivity index (χ0n) is 11.5. The Labute approximate surface area is 129 Å². The number of aliphatic hydroxyl groups is 1. The van der Waals surface area contributed by atoms with Crippen molar-refractivity contribution in [2.24, 2.45) is 0 Å². The summed E-state index contributed by atoms with van der Waals surface area (Å²) in [6.07, 6.45) is 0.685. The molecule has 3 aromatic rings. The van der Waals surface area contributed by atoms with E-state index < -0.39 is 11.9 Å². The Morgan fingerprint density at radius 1 is 1.41 bits per heavy atom. The van der Waals surface area contributed by atoms with Crippen molar-refractivity contribution in [3.63, 3.8) is 0 Å². The van der Waals surface area contributed by atoms with Crippen molar-refractivity contribution in [1.29, 1.82) is 0 Å². The number of thiophene rings is 1. The van der Waals surface area contributed by atoms with Gasteiger partial charge in [-0.25, -0.2) is 4.79 Å². The van der Waals surface area contributed by atoms with Crippen LogP contribution in [0.2, 0.25) is 0 Å². The number of ether oxygens (including phenoxy) is 1. The van der Waals surface area contributed by atoms with Crippen molar-refractivity contribution in [2.45, 2.75) is 19.3 Å². The van der Waals surface area contributed by atoms with E-state index >= 15 is 0 Å². The summed E-state index contributed by atoms with van der Waals surface area (Å²) in [7, 11) is 0. The highest BCUT2D eigenvalue weighted by Gasteiger charge is 2.14. The Morgan fingerprint density at radius 2 is 2.32 bits per heavy atom. The van der Waals surface area contributed by atoms with Crippen LogP contribution in [0.25, 0.3) is 10.8 Å². The van der Waals surface area contributed by atoms with Crippen molar-refractivity contribution >= 4 is 11.3 Å². The summed E-state index contributed by atoms with van der Waals surface area (Å²) in [5.41, 5.74) is 0. The van der Waals surface area contributed by atoms with E-state index in [2.05, 4.69) is 5.10 Å². The molecular weight excluding hydrogens is 308 g/mol. The van der Waals surface area contributed by atoms with E-state index in [0.29, 0.717) is 5.76 Å². The highest BCUT2D eigenvalue weighted by Crippen LogP contribution is 2.21. The van der Waals surface area contributed by atoms with Crippen LogP contribution in [0.3, 0.4) is 0 Å². The molecule has 7 nitrogen and oxygen atoms in total. The maximum atomic E-state index is 11.7. The number of aromatic nitrogens is 2. The van der Waals surface area contributed by atoms with Crippen LogP contribution in [0.5, 0.6) is 0 Å². The third-order valence-corrected chi connectivity index (χ3v) is 3.71. The van der Waals surface area contributed by atoms with E-state index in [9.17, 15) is 9.90 Å². The largest absolute Gasteiger partial charge is 0.467 e. The summed E-state index contributed by atoms with van der Waals surface area (Å²) in [5.74, 6) is 0.322. The third kappa shape index (κ3) is 3.53. The zero-order chi connectivity index (χ0) is 15.4. The number of nitrogens with zero attached hydrogens (tertiary/aromatic N) is 2. The molecule has 3 rings (SSSR count). The normalized spacial score (nSPS) is 12.6. The minimum atomic E-state index is -0.867. The Kier molecular flexibility index (Phi) is 4.52. The summed E-state index contributed by atoms with van der Waals surface area (Å²) in [6, 6.07) is 7.19. The van der Waals surface area contributed by atoms with Crippen LogP contribution >= 0.6 is 11.3 Å². The van der Waals surface area contributed by atoms with E-state index in [0.717, 1.165) is 9.56 Å². The standard InChI is InChI=1S/C14H14N2O5S/c17-10(8-19-9-11-3-1-5-20-11)7-16-14(18)21-13(15-16)12-4-2-6-22-12/h1-6,10,17H,7-9H2. The van der Waals surface area contributed by atoms with Gasteiger partial charge in [0.2, 0.25) is 0 Å². The molecular formula is C14H14N2O5S. The fraction of sp³-hybridized carbons (Fsp3) is 0.286. The molecule has 0 aliphatic heterocycles. The van der Waals surface area contributed by atoms with E-state index in [1.165, 1.54) is 11.3 Å². The van der Waals surface area contributed by atoms with E-state index in [1.54, 1.807) is 18.4 Å². The first-order valence-electron chi connectivity index (χ1n) is 6.62. The van der Waals surface area contributed by atoms with Crippen molar-refractivity contribution in [2.75, 3.05) is 6.61 Å². The van der Waals surface area contributed by atoms with Crippen molar-refractivity contribution in [1.82, 2.24) is 9.78 Å². The average Bonchev–Trinajstić information content (AvgIpc) is 3.21. The number of furan rings is 1. The molecule has 0 bridgehead atoms. The fourth-order valence-electron chi connectivity index (χ4n) is 1.86. The monoisotopic (exact) mass is 322 g/mol. The molecule has 116 valence electrons. The minimum absolute atomic E-state index is 0.00582. The van der Waals surface area contributed by atoms with Gasteiger partial charge in [-0.3, -0.25) is 0 Å². The smallest absolute Gasteiger partial charge is 0.437 e. The maximum absolute atomic E-state index is 11.7. The van der Waals surface area contributed by atoms with Gasteiger partial charge in [0.05, 0.1) is 30.4 Å². The second-order valence-electron chi connectivity index (χ2n) is 4.58. The fourth-order valence-corrected chi connectivity index (χ4v) is 2.51. The Balaban J connectivity index is 1.55. The number of aliphatic hydroxyl groups excluding tert-OH is 1. The van der Waals surface area contributed by atoms with Gasteiger partial charge in [-0.05, 0) is 23.6 Å². The van der Waals surface area contributed by atoms with Crippen LogP contribution in [-0.4, -0.2) is 27.6 Å². The molecule has 3 aromatic heterocycles. The first-order valence-corrected chi connectivity index (χ1v) is 7.50. The highest BCUT2D eigenvalue weighted by molar-refractivity contribution is 7.13. The minimum Gasteiger partial charge on any atom is -0.467 e. The quantitative estimate of drug-likeness (QED) is 0.712. The van der Waals surface area contributed by atoms with Gasteiger partial charge in [0.1, 0.15) is 12.4 Å². The molecule has 0 fully saturated rings. The first-order chi connectivity index (χ1) is 10.7. The summed E-state index contributed by atoms with van der Waals surface area (Å²) >= 11 is 1.42. The lowest BCUT2D eigenvalue weighted by Gasteiger charge is -2.09. The second-order valence-corrected chi connectivity index (χ2v) is 5.53. The summed E-state index contributed by atoms with van der Waals surface area (Å²) < 4.78 is 16.6. The predicted molar refractivity (Wildman–Crippen MR) is 78.4 cm³/mol. The summed E-state index contributed by atoms with van der Waals surface area (Å²) in [5, 5.41) is 15.8. The summed E-state index contributed by atoms with van der Waals surface area (Å²) in [4.78, 5) is 12.5. The van der Waals surface area contributed by atoms with Crippen LogP contribution < -0.4 is 5.76 Å². The molecule has 1 N–H and O–H groups in total. The Bertz CT molecular complexity index is 745. The highest BCUT2D eigenvalue weighted by atomic mass is 32.1. The maximum Gasteiger partial charge on any atom is 0.437 e. The molecule has 0 aliphatic carbocycles. The van der Waals surface area contributed by atoms with E-state index in [1.807, 2.05) is 17.5 Å². The molecule has 0 spiro atoms. The van der Waals surface area contributed by atoms with Gasteiger partial charge in [0.25, 0.3) is 5.89 Å². The molecule has 8 heteroatoms. The number of rotatable bonds is 7. The van der Waals surface area contributed by atoms with Gasteiger partial charge < -0.3 is 18.7 Å². The average molecular weight is 322 g/mol. The topological polar surface area (TPSA) is 90.6 Å². The van der Waals surface area contributed by atoms with Gasteiger partial charge in [-0.1, -0.05) is 6.07 Å². The molecule has 1 atom stereocenters. The number of hydrogen-bond acceptors (Lipinski definition) is 7. The second kappa shape index (κ2) is 6.73. The van der Waals surface area contributed by atoms with E-state index in [4.69, 9.17) is 13.6 Å². The predicted octanol–water partition coefficient (Wildman–Crippen LogP) is 1.74. The molecule has 3 heterocycles. The van der Waals surface area contributed by atoms with Crippen LogP contribution in [0, 0.1) is 0 Å². The van der Waals surface area contributed by atoms with Gasteiger partial charge in [-0.15, -0.1) is 16.4 Å². The molecule has 0 radical (unpaired) electrons. The van der Waals surface area contributed by atoms with Gasteiger partial charge in [-0.2, -0.15) is 4.68 Å². The Morgan fingerprint density at radius 3 is 3.05 bits per heavy atom. The van der Waals surface area contributed by atoms with Crippen LogP contribution in [0.1, 0.15) is 5.76 Å². The van der Waals surface area contributed by atoms with Crippen molar-refractivity contribution < 1.29 is 18.7 Å². The SMILES string of the molecule is O=c1oc(-c2cccs2)nn1CC(O)COCc1ccco1. The number of hydrogen-bond donors (Lipinski definition) is 1.